The molecule has 4 aliphatic carbocycles. The topological polar surface area (TPSA) is 37.3 Å². The summed E-state index contributed by atoms with van der Waals surface area (Å²) in [5, 5.41) is 10.1. The maximum absolute atomic E-state index is 12.1. The smallest absolute Gasteiger partial charge is 0.133 e. The summed E-state index contributed by atoms with van der Waals surface area (Å²) in [6.07, 6.45) is 10.3. The lowest BCUT2D eigenvalue weighted by Gasteiger charge is -2.54. The Hall–Kier alpha value is -0.630. The third-order valence-electron chi connectivity index (χ3n) is 8.45. The third-order valence-corrected chi connectivity index (χ3v) is 8.45. The Bertz CT molecular complexity index is 562. The Morgan fingerprint density at radius 1 is 1.09 bits per heavy atom. The second-order valence-corrected chi connectivity index (χ2v) is 9.38. The molecule has 2 fully saturated rings. The van der Waals surface area contributed by atoms with Crippen molar-refractivity contribution in [3.63, 3.8) is 0 Å². The molecule has 0 amide bonds. The molecule has 2 heteroatoms. The number of carbonyl (C=O) groups excluding carboxylic acids is 1. The Morgan fingerprint density at radius 2 is 1.87 bits per heavy atom. The number of rotatable bonds is 1. The van der Waals surface area contributed by atoms with E-state index in [2.05, 4.69) is 13.8 Å². The van der Waals surface area contributed by atoms with Crippen LogP contribution in [-0.2, 0) is 4.79 Å². The van der Waals surface area contributed by atoms with Gasteiger partial charge in [0, 0.05) is 5.92 Å². The van der Waals surface area contributed by atoms with Gasteiger partial charge in [0.25, 0.3) is 0 Å². The minimum atomic E-state index is -0.0716. The van der Waals surface area contributed by atoms with Crippen LogP contribution in [0, 0.1) is 28.6 Å². The molecule has 4 aliphatic rings. The summed E-state index contributed by atoms with van der Waals surface area (Å²) in [5.41, 5.74) is 4.06. The Morgan fingerprint density at radius 3 is 2.61 bits per heavy atom. The van der Waals surface area contributed by atoms with Crippen molar-refractivity contribution >= 4 is 5.78 Å². The standard InChI is InChI=1S/C21H32O2/c1-13(22)17-6-7-18-16-5-4-14-12-15(23)8-10-20(14,2)19(16)9-11-21(17,18)3/h14-15,17-18,23H,4-12H2,1-3H3/t14-,15-,17+,18-,20-,21+/m0/s1. The van der Waals surface area contributed by atoms with Crippen LogP contribution in [-0.4, -0.2) is 17.0 Å². The Labute approximate surface area is 140 Å². The summed E-state index contributed by atoms with van der Waals surface area (Å²) in [6.45, 7) is 6.70. The number of Topliss-reactive ketones (excluding diaryl/α,β-unsaturated/α-hetero) is 1. The number of allylic oxidation sites excluding steroid dienone is 2. The number of carbonyl (C=O) groups is 1. The van der Waals surface area contributed by atoms with E-state index in [1.807, 2.05) is 6.92 Å². The van der Waals surface area contributed by atoms with E-state index >= 15 is 0 Å². The molecule has 0 aromatic rings. The summed E-state index contributed by atoms with van der Waals surface area (Å²) in [4.78, 5) is 12.1. The fourth-order valence-corrected chi connectivity index (χ4v) is 7.11. The number of fused-ring (bicyclic) bond motifs is 4. The van der Waals surface area contributed by atoms with Gasteiger partial charge in [-0.2, -0.15) is 0 Å². The maximum Gasteiger partial charge on any atom is 0.133 e. The van der Waals surface area contributed by atoms with E-state index in [0.717, 1.165) is 25.7 Å². The van der Waals surface area contributed by atoms with Crippen molar-refractivity contribution in [1.82, 2.24) is 0 Å². The van der Waals surface area contributed by atoms with Gasteiger partial charge >= 0.3 is 0 Å². The van der Waals surface area contributed by atoms with Crippen LogP contribution in [0.3, 0.4) is 0 Å². The lowest BCUT2D eigenvalue weighted by Crippen LogP contribution is -2.45. The molecule has 0 unspecified atom stereocenters. The molecular formula is C21H32O2. The quantitative estimate of drug-likeness (QED) is 0.714. The SMILES string of the molecule is CC(=O)[C@H]1CC[C@H]2C3=C(CC[C@]12C)[C@@]1(C)CC[C@H](O)C[C@@H]1CC3. The van der Waals surface area contributed by atoms with Crippen molar-refractivity contribution in [2.24, 2.45) is 28.6 Å². The first-order valence-electron chi connectivity index (χ1n) is 9.77. The summed E-state index contributed by atoms with van der Waals surface area (Å²) >= 11 is 0. The van der Waals surface area contributed by atoms with E-state index in [4.69, 9.17) is 0 Å². The fourth-order valence-electron chi connectivity index (χ4n) is 7.11. The first-order valence-corrected chi connectivity index (χ1v) is 9.77. The molecule has 4 rings (SSSR count). The number of aliphatic hydroxyl groups is 1. The van der Waals surface area contributed by atoms with Crippen LogP contribution in [0.1, 0.15) is 78.6 Å². The van der Waals surface area contributed by atoms with Crippen LogP contribution in [0.5, 0.6) is 0 Å². The van der Waals surface area contributed by atoms with Crippen LogP contribution >= 0.6 is 0 Å². The first-order chi connectivity index (χ1) is 10.9. The van der Waals surface area contributed by atoms with Gasteiger partial charge in [-0.1, -0.05) is 25.0 Å². The molecule has 128 valence electrons. The molecule has 2 saturated carbocycles. The molecule has 2 nitrogen and oxygen atoms in total. The highest BCUT2D eigenvalue weighted by Gasteiger charge is 2.55. The van der Waals surface area contributed by atoms with Gasteiger partial charge in [0.15, 0.2) is 0 Å². The van der Waals surface area contributed by atoms with Crippen LogP contribution < -0.4 is 0 Å². The highest BCUT2D eigenvalue weighted by molar-refractivity contribution is 5.79. The zero-order valence-electron chi connectivity index (χ0n) is 15.0. The van der Waals surface area contributed by atoms with Crippen LogP contribution in [0.25, 0.3) is 0 Å². The van der Waals surface area contributed by atoms with E-state index in [0.29, 0.717) is 29.0 Å². The van der Waals surface area contributed by atoms with Crippen molar-refractivity contribution in [2.45, 2.75) is 84.7 Å². The average Bonchev–Trinajstić information content (AvgIpc) is 2.85. The Kier molecular flexibility index (Phi) is 3.58. The lowest BCUT2D eigenvalue weighted by atomic mass is 9.51. The van der Waals surface area contributed by atoms with E-state index < -0.39 is 0 Å². The molecule has 0 aromatic heterocycles. The van der Waals surface area contributed by atoms with Crippen molar-refractivity contribution in [3.05, 3.63) is 11.1 Å². The molecule has 0 spiro atoms. The molecule has 23 heavy (non-hydrogen) atoms. The molecule has 0 heterocycles. The Balaban J connectivity index is 1.71. The van der Waals surface area contributed by atoms with E-state index in [-0.39, 0.29) is 11.5 Å². The third kappa shape index (κ3) is 2.13. The van der Waals surface area contributed by atoms with Crippen molar-refractivity contribution in [1.29, 1.82) is 0 Å². The van der Waals surface area contributed by atoms with Gasteiger partial charge < -0.3 is 5.11 Å². The number of aliphatic hydroxyl groups excluding tert-OH is 1. The molecule has 0 aliphatic heterocycles. The van der Waals surface area contributed by atoms with Crippen molar-refractivity contribution < 1.29 is 9.90 Å². The summed E-state index contributed by atoms with van der Waals surface area (Å²) < 4.78 is 0. The summed E-state index contributed by atoms with van der Waals surface area (Å²) in [6, 6.07) is 0. The molecule has 0 saturated heterocycles. The van der Waals surface area contributed by atoms with E-state index in [9.17, 15) is 9.90 Å². The monoisotopic (exact) mass is 316 g/mol. The van der Waals surface area contributed by atoms with Crippen LogP contribution in [0.4, 0.5) is 0 Å². The second-order valence-electron chi connectivity index (χ2n) is 9.38. The molecule has 6 atom stereocenters. The highest BCUT2D eigenvalue weighted by atomic mass is 16.3. The molecule has 0 bridgehead atoms. The zero-order valence-corrected chi connectivity index (χ0v) is 15.0. The minimum Gasteiger partial charge on any atom is -0.393 e. The van der Waals surface area contributed by atoms with Gasteiger partial charge in [-0.3, -0.25) is 4.79 Å². The number of hydrogen-bond acceptors (Lipinski definition) is 2. The highest BCUT2D eigenvalue weighted by Crippen LogP contribution is 2.64. The predicted octanol–water partition coefficient (Wildman–Crippen LogP) is 4.66. The minimum absolute atomic E-state index is 0.0716. The first kappa shape index (κ1) is 15.9. The molecular weight excluding hydrogens is 284 g/mol. The summed E-state index contributed by atoms with van der Waals surface area (Å²) in [5.74, 6) is 2.05. The van der Waals surface area contributed by atoms with Gasteiger partial charge in [0.2, 0.25) is 0 Å². The lowest BCUT2D eigenvalue weighted by molar-refractivity contribution is -0.124. The maximum atomic E-state index is 12.1. The average molecular weight is 316 g/mol. The van der Waals surface area contributed by atoms with Crippen molar-refractivity contribution in [3.8, 4) is 0 Å². The zero-order chi connectivity index (χ0) is 16.4. The van der Waals surface area contributed by atoms with Gasteiger partial charge in [-0.25, -0.2) is 0 Å². The largest absolute Gasteiger partial charge is 0.393 e. The van der Waals surface area contributed by atoms with Gasteiger partial charge in [-0.15, -0.1) is 0 Å². The molecule has 0 radical (unpaired) electrons. The van der Waals surface area contributed by atoms with E-state index in [1.165, 1.54) is 32.1 Å². The second kappa shape index (κ2) is 5.18. The number of hydrogen-bond donors (Lipinski definition) is 1. The molecule has 1 N–H and O–H groups in total. The van der Waals surface area contributed by atoms with Crippen LogP contribution in [0.2, 0.25) is 0 Å². The van der Waals surface area contributed by atoms with Gasteiger partial charge in [-0.05, 0) is 87.4 Å². The van der Waals surface area contributed by atoms with Gasteiger partial charge in [0.1, 0.15) is 5.78 Å². The normalized spacial score (nSPS) is 49.4. The van der Waals surface area contributed by atoms with E-state index in [1.54, 1.807) is 11.1 Å². The van der Waals surface area contributed by atoms with Crippen LogP contribution in [0.15, 0.2) is 11.1 Å². The fraction of sp³-hybridized carbons (Fsp3) is 0.857. The van der Waals surface area contributed by atoms with Crippen molar-refractivity contribution in [2.75, 3.05) is 0 Å². The number of ketones is 1. The predicted molar refractivity (Wildman–Crippen MR) is 92.0 cm³/mol. The van der Waals surface area contributed by atoms with Gasteiger partial charge in [0.05, 0.1) is 6.10 Å². The molecule has 0 aromatic carbocycles. The summed E-state index contributed by atoms with van der Waals surface area (Å²) in [7, 11) is 0.